The van der Waals surface area contributed by atoms with Crippen LogP contribution in [0.2, 0.25) is 0 Å². The van der Waals surface area contributed by atoms with E-state index >= 15 is 0 Å². The van der Waals surface area contributed by atoms with Gasteiger partial charge in [0.2, 0.25) is 5.76 Å². The molecule has 2 amide bonds. The first-order chi connectivity index (χ1) is 17.0. The van der Waals surface area contributed by atoms with Crippen molar-refractivity contribution in [2.75, 3.05) is 5.32 Å². The Morgan fingerprint density at radius 1 is 1.19 bits per heavy atom. The van der Waals surface area contributed by atoms with Crippen LogP contribution in [0.1, 0.15) is 46.0 Å². The maximum Gasteiger partial charge on any atom is 0.289 e. The molecule has 36 heavy (non-hydrogen) atoms. The van der Waals surface area contributed by atoms with Crippen molar-refractivity contribution in [3.63, 3.8) is 0 Å². The van der Waals surface area contributed by atoms with E-state index in [4.69, 9.17) is 10.2 Å². The monoisotopic (exact) mass is 513 g/mol. The summed E-state index contributed by atoms with van der Waals surface area (Å²) in [5, 5.41) is 15.9. The molecule has 4 aromatic rings. The van der Waals surface area contributed by atoms with Crippen LogP contribution in [0.3, 0.4) is 0 Å². The number of pyridine rings is 1. The van der Waals surface area contributed by atoms with E-state index in [1.54, 1.807) is 18.2 Å². The summed E-state index contributed by atoms with van der Waals surface area (Å²) in [6.07, 6.45) is 2.42. The first kappa shape index (κ1) is 24.9. The lowest BCUT2D eigenvalue weighted by molar-refractivity contribution is 0.0778. The Hall–Kier alpha value is -4.16. The normalized spacial score (nSPS) is 11.4. The van der Waals surface area contributed by atoms with Crippen LogP contribution in [-0.2, 0) is 12.1 Å². The van der Waals surface area contributed by atoms with Gasteiger partial charge in [-0.15, -0.1) is 11.3 Å². The van der Waals surface area contributed by atoms with Gasteiger partial charge in [0.25, 0.3) is 11.8 Å². The van der Waals surface area contributed by atoms with Crippen LogP contribution in [0.15, 0.2) is 53.4 Å². The Kier molecular flexibility index (Phi) is 6.82. The second-order valence-corrected chi connectivity index (χ2v) is 9.33. The number of nitrogens with zero attached hydrogens (tertiary/aromatic N) is 2. The minimum absolute atomic E-state index is 0.0196. The van der Waals surface area contributed by atoms with Gasteiger partial charge < -0.3 is 25.9 Å². The summed E-state index contributed by atoms with van der Waals surface area (Å²) < 4.78 is 34.7. The van der Waals surface area contributed by atoms with Crippen LogP contribution >= 0.6 is 11.3 Å². The average molecular weight is 514 g/mol. The van der Waals surface area contributed by atoms with Gasteiger partial charge in [-0.3, -0.25) is 9.59 Å². The van der Waals surface area contributed by atoms with E-state index in [1.807, 2.05) is 0 Å². The number of hydrogen-bond acceptors (Lipinski definition) is 8. The zero-order valence-electron chi connectivity index (χ0n) is 19.1. The number of halogens is 2. The van der Waals surface area contributed by atoms with E-state index in [1.165, 1.54) is 26.1 Å². The van der Waals surface area contributed by atoms with Crippen molar-refractivity contribution in [1.29, 1.82) is 0 Å². The molecule has 0 bridgehead atoms. The van der Waals surface area contributed by atoms with Gasteiger partial charge in [0.05, 0.1) is 35.2 Å². The topological polar surface area (TPSA) is 143 Å². The molecule has 9 nitrogen and oxygen atoms in total. The van der Waals surface area contributed by atoms with Crippen LogP contribution < -0.4 is 16.4 Å². The number of hydrogen-bond donors (Lipinski definition) is 4. The fourth-order valence-corrected chi connectivity index (χ4v) is 4.42. The number of rotatable bonds is 8. The number of anilines is 2. The van der Waals surface area contributed by atoms with Crippen molar-refractivity contribution in [3.05, 3.63) is 83.2 Å². The van der Waals surface area contributed by atoms with Crippen molar-refractivity contribution < 1.29 is 27.9 Å². The lowest BCUT2D eigenvalue weighted by Gasteiger charge is -2.18. The minimum Gasteiger partial charge on any atom is -0.438 e. The summed E-state index contributed by atoms with van der Waals surface area (Å²) in [5.74, 6) is -2.68. The van der Waals surface area contributed by atoms with E-state index in [-0.39, 0.29) is 38.9 Å². The molecule has 0 saturated carbocycles. The Balaban J connectivity index is 1.59. The second kappa shape index (κ2) is 9.84. The number of benzene rings is 1. The highest BCUT2D eigenvalue weighted by atomic mass is 32.1. The quantitative estimate of drug-likeness (QED) is 0.278. The maximum absolute atomic E-state index is 14.9. The lowest BCUT2D eigenvalue weighted by Crippen LogP contribution is -2.22. The SMILES string of the molecule is CC(C)(O)c1cc(F)c(-c2cc(C(N)=O)c(Nc3cccc(CNC(=O)c4cnco4)n3)s2)c(F)c1. The number of thiophene rings is 1. The number of carbonyl (C=O) groups excluding carboxylic acids is 2. The van der Waals surface area contributed by atoms with E-state index in [0.717, 1.165) is 29.9 Å². The summed E-state index contributed by atoms with van der Waals surface area (Å²) in [6.45, 7) is 2.91. The Bertz CT molecular complexity index is 1410. The van der Waals surface area contributed by atoms with Gasteiger partial charge in [0.15, 0.2) is 6.39 Å². The highest BCUT2D eigenvalue weighted by Gasteiger charge is 2.24. The zero-order valence-corrected chi connectivity index (χ0v) is 20.0. The number of aliphatic hydroxyl groups is 1. The molecule has 1 aromatic carbocycles. The molecule has 0 aliphatic carbocycles. The molecule has 3 aromatic heterocycles. The van der Waals surface area contributed by atoms with Crippen molar-refractivity contribution in [2.45, 2.75) is 26.0 Å². The van der Waals surface area contributed by atoms with Crippen molar-refractivity contribution in [3.8, 4) is 10.4 Å². The second-order valence-electron chi connectivity index (χ2n) is 8.28. The van der Waals surface area contributed by atoms with Gasteiger partial charge in [-0.2, -0.15) is 0 Å². The molecule has 5 N–H and O–H groups in total. The van der Waals surface area contributed by atoms with Gasteiger partial charge in [-0.05, 0) is 49.7 Å². The number of carbonyl (C=O) groups is 2. The molecule has 186 valence electrons. The highest BCUT2D eigenvalue weighted by molar-refractivity contribution is 7.20. The Labute approximate surface area is 208 Å². The predicted molar refractivity (Wildman–Crippen MR) is 129 cm³/mol. The van der Waals surface area contributed by atoms with Crippen LogP contribution in [0.5, 0.6) is 0 Å². The van der Waals surface area contributed by atoms with Crippen LogP contribution in [0, 0.1) is 11.6 Å². The third-order valence-corrected chi connectivity index (χ3v) is 6.20. The van der Waals surface area contributed by atoms with E-state index < -0.39 is 29.0 Å². The average Bonchev–Trinajstić information content (AvgIpc) is 3.47. The van der Waals surface area contributed by atoms with Gasteiger partial charge in [-0.25, -0.2) is 18.7 Å². The largest absolute Gasteiger partial charge is 0.438 e. The van der Waals surface area contributed by atoms with Gasteiger partial charge in [-0.1, -0.05) is 6.07 Å². The number of aromatic nitrogens is 2. The first-order valence-electron chi connectivity index (χ1n) is 10.6. The van der Waals surface area contributed by atoms with E-state index in [2.05, 4.69) is 20.6 Å². The lowest BCUT2D eigenvalue weighted by atomic mass is 9.96. The summed E-state index contributed by atoms with van der Waals surface area (Å²) >= 11 is 0.916. The molecule has 0 saturated heterocycles. The van der Waals surface area contributed by atoms with Crippen LogP contribution in [0.4, 0.5) is 19.6 Å². The molecule has 0 aliphatic rings. The fourth-order valence-electron chi connectivity index (χ4n) is 3.30. The Morgan fingerprint density at radius 3 is 2.53 bits per heavy atom. The molecular weight excluding hydrogens is 492 g/mol. The summed E-state index contributed by atoms with van der Waals surface area (Å²) in [4.78, 5) is 32.3. The summed E-state index contributed by atoms with van der Waals surface area (Å²) in [7, 11) is 0. The zero-order chi connectivity index (χ0) is 26.0. The van der Waals surface area contributed by atoms with Gasteiger partial charge >= 0.3 is 0 Å². The molecule has 0 radical (unpaired) electrons. The smallest absolute Gasteiger partial charge is 0.289 e. The van der Waals surface area contributed by atoms with Gasteiger partial charge in [0.1, 0.15) is 22.5 Å². The number of amides is 2. The minimum atomic E-state index is -1.44. The van der Waals surface area contributed by atoms with Gasteiger partial charge in [0, 0.05) is 4.88 Å². The Morgan fingerprint density at radius 2 is 1.92 bits per heavy atom. The van der Waals surface area contributed by atoms with E-state index in [0.29, 0.717) is 11.5 Å². The maximum atomic E-state index is 14.9. The number of nitrogens with two attached hydrogens (primary N) is 1. The fraction of sp³-hybridized carbons (Fsp3) is 0.167. The molecule has 0 atom stereocenters. The molecule has 4 rings (SSSR count). The third-order valence-electron chi connectivity index (χ3n) is 5.13. The molecular formula is C24H21F2N5O4S. The molecule has 0 spiro atoms. The summed E-state index contributed by atoms with van der Waals surface area (Å²) in [5.41, 5.74) is 4.30. The number of oxazole rings is 1. The van der Waals surface area contributed by atoms with Crippen molar-refractivity contribution >= 4 is 34.0 Å². The third kappa shape index (κ3) is 5.39. The molecule has 3 heterocycles. The molecule has 0 fully saturated rings. The van der Waals surface area contributed by atoms with Crippen LogP contribution in [0.25, 0.3) is 10.4 Å². The standard InChI is InChI=1S/C24H21F2N5O4S/c1-24(2,34)12-6-15(25)20(16(26)7-12)18-8-14(21(27)32)23(36-18)31-19-5-3-4-13(30-19)9-29-22(33)17-10-28-11-35-17/h3-8,10-11,34H,9H2,1-2H3,(H2,27,32)(H,29,33)(H,30,31). The summed E-state index contributed by atoms with van der Waals surface area (Å²) in [6, 6.07) is 8.36. The molecule has 12 heteroatoms. The number of nitrogens with one attached hydrogen (secondary N) is 2. The van der Waals surface area contributed by atoms with Crippen molar-refractivity contribution in [2.24, 2.45) is 5.73 Å². The van der Waals surface area contributed by atoms with E-state index in [9.17, 15) is 23.5 Å². The van der Waals surface area contributed by atoms with Crippen molar-refractivity contribution in [1.82, 2.24) is 15.3 Å². The first-order valence-corrected chi connectivity index (χ1v) is 11.4. The number of primary amides is 1. The highest BCUT2D eigenvalue weighted by Crippen LogP contribution is 2.40. The molecule has 0 aliphatic heterocycles. The molecule has 0 unspecified atom stereocenters. The van der Waals surface area contributed by atoms with Crippen LogP contribution in [-0.4, -0.2) is 26.9 Å². The predicted octanol–water partition coefficient (Wildman–Crippen LogP) is 4.08.